The van der Waals surface area contributed by atoms with Gasteiger partial charge in [-0.1, -0.05) is 13.8 Å². The van der Waals surface area contributed by atoms with E-state index in [4.69, 9.17) is 10.5 Å². The van der Waals surface area contributed by atoms with Gasteiger partial charge in [0.25, 0.3) is 6.43 Å². The molecule has 1 heterocycles. The number of nitrogens with zero attached hydrogens (tertiary/aromatic N) is 1. The largest absolute Gasteiger partial charge is 0.489 e. The van der Waals surface area contributed by atoms with Gasteiger partial charge in [-0.05, 0) is 40.4 Å². The molecule has 7 heteroatoms. The van der Waals surface area contributed by atoms with Crippen LogP contribution in [0.4, 0.5) is 13.2 Å². The fourth-order valence-corrected chi connectivity index (χ4v) is 2.23. The number of alkyl halides is 3. The van der Waals surface area contributed by atoms with E-state index in [0.717, 1.165) is 0 Å². The Morgan fingerprint density at radius 2 is 2.05 bits per heavy atom. The third-order valence-electron chi connectivity index (χ3n) is 2.65. The third kappa shape index (κ3) is 4.94. The van der Waals surface area contributed by atoms with Gasteiger partial charge in [0.2, 0.25) is 0 Å². The number of nitrogens with two attached hydrogens (primary N) is 1. The second-order valence-corrected chi connectivity index (χ2v) is 6.01. The minimum absolute atomic E-state index is 0.0739. The molecule has 3 nitrogen and oxygen atoms in total. The summed E-state index contributed by atoms with van der Waals surface area (Å²) in [5, 5.41) is 0. The molecule has 20 heavy (non-hydrogen) atoms. The molecule has 1 rings (SSSR count). The van der Waals surface area contributed by atoms with Crippen LogP contribution in [-0.4, -0.2) is 23.8 Å². The van der Waals surface area contributed by atoms with Gasteiger partial charge in [0.15, 0.2) is 0 Å². The standard InChI is InChI=1S/C13H18BrF3N2O/c1-8(2)5-13(18,6-15)7-20-9-3-4-10(14)19-11(9)12(16)17/h3-4,8,12H,5-7,18H2,1-2H3/t13-/m0/s1. The zero-order chi connectivity index (χ0) is 15.3. The van der Waals surface area contributed by atoms with E-state index in [9.17, 15) is 13.2 Å². The Labute approximate surface area is 124 Å². The molecule has 1 atom stereocenters. The highest BCUT2D eigenvalue weighted by atomic mass is 79.9. The van der Waals surface area contributed by atoms with Crippen LogP contribution in [0.25, 0.3) is 0 Å². The molecule has 0 aliphatic heterocycles. The predicted molar refractivity (Wildman–Crippen MR) is 74.7 cm³/mol. The maximum atomic E-state index is 13.1. The number of aromatic nitrogens is 1. The van der Waals surface area contributed by atoms with E-state index in [2.05, 4.69) is 20.9 Å². The molecule has 0 unspecified atom stereocenters. The highest BCUT2D eigenvalue weighted by Gasteiger charge is 2.28. The molecular weight excluding hydrogens is 337 g/mol. The van der Waals surface area contributed by atoms with Crippen LogP contribution in [0.5, 0.6) is 5.75 Å². The third-order valence-corrected chi connectivity index (χ3v) is 3.10. The van der Waals surface area contributed by atoms with Crippen molar-refractivity contribution in [1.29, 1.82) is 0 Å². The Bertz CT molecular complexity index is 446. The Morgan fingerprint density at radius 3 is 2.55 bits per heavy atom. The summed E-state index contributed by atoms with van der Waals surface area (Å²) in [6, 6.07) is 2.85. The topological polar surface area (TPSA) is 48.1 Å². The van der Waals surface area contributed by atoms with E-state index in [1.54, 1.807) is 0 Å². The maximum absolute atomic E-state index is 13.1. The van der Waals surface area contributed by atoms with Gasteiger partial charge in [0.1, 0.15) is 29.3 Å². The Balaban J connectivity index is 2.83. The van der Waals surface area contributed by atoms with Crippen molar-refractivity contribution >= 4 is 15.9 Å². The lowest BCUT2D eigenvalue weighted by atomic mass is 9.92. The molecule has 0 saturated heterocycles. The minimum Gasteiger partial charge on any atom is -0.489 e. The van der Waals surface area contributed by atoms with E-state index in [0.29, 0.717) is 6.42 Å². The smallest absolute Gasteiger partial charge is 0.284 e. The van der Waals surface area contributed by atoms with Gasteiger partial charge in [-0.3, -0.25) is 0 Å². The van der Waals surface area contributed by atoms with E-state index in [1.807, 2.05) is 13.8 Å². The SMILES string of the molecule is CC(C)C[C@](N)(CF)COc1ccc(Br)nc1C(F)F. The molecule has 114 valence electrons. The van der Waals surface area contributed by atoms with Crippen LogP contribution >= 0.6 is 15.9 Å². The van der Waals surface area contributed by atoms with Crippen LogP contribution in [0.2, 0.25) is 0 Å². The Hall–Kier alpha value is -0.820. The van der Waals surface area contributed by atoms with Crippen molar-refractivity contribution in [3.63, 3.8) is 0 Å². The Morgan fingerprint density at radius 1 is 1.40 bits per heavy atom. The van der Waals surface area contributed by atoms with Crippen LogP contribution in [-0.2, 0) is 0 Å². The van der Waals surface area contributed by atoms with Crippen LogP contribution in [0.1, 0.15) is 32.4 Å². The van der Waals surface area contributed by atoms with Crippen LogP contribution < -0.4 is 10.5 Å². The maximum Gasteiger partial charge on any atom is 0.284 e. The fourth-order valence-electron chi connectivity index (χ4n) is 1.90. The number of hydrogen-bond donors (Lipinski definition) is 1. The number of halogens is 4. The lowest BCUT2D eigenvalue weighted by Crippen LogP contribution is -2.49. The van der Waals surface area contributed by atoms with Crippen molar-refractivity contribution < 1.29 is 17.9 Å². The molecule has 0 spiro atoms. The van der Waals surface area contributed by atoms with Gasteiger partial charge in [-0.15, -0.1) is 0 Å². The average molecular weight is 355 g/mol. The second kappa shape index (κ2) is 7.26. The summed E-state index contributed by atoms with van der Waals surface area (Å²) in [4.78, 5) is 3.67. The lowest BCUT2D eigenvalue weighted by Gasteiger charge is -2.28. The van der Waals surface area contributed by atoms with Crippen molar-refractivity contribution in [3.8, 4) is 5.75 Å². The van der Waals surface area contributed by atoms with Crippen molar-refractivity contribution in [1.82, 2.24) is 4.98 Å². The van der Waals surface area contributed by atoms with Gasteiger partial charge >= 0.3 is 0 Å². The molecule has 0 saturated carbocycles. The molecule has 1 aromatic heterocycles. The van der Waals surface area contributed by atoms with E-state index in [1.165, 1.54) is 12.1 Å². The zero-order valence-electron chi connectivity index (χ0n) is 11.4. The first-order valence-corrected chi connectivity index (χ1v) is 6.99. The highest BCUT2D eigenvalue weighted by Crippen LogP contribution is 2.29. The van der Waals surface area contributed by atoms with Crippen molar-refractivity contribution in [3.05, 3.63) is 22.4 Å². The lowest BCUT2D eigenvalue weighted by molar-refractivity contribution is 0.127. The molecular formula is C13H18BrF3N2O. The van der Waals surface area contributed by atoms with Gasteiger partial charge in [-0.25, -0.2) is 18.2 Å². The molecule has 0 aromatic carbocycles. The highest BCUT2D eigenvalue weighted by molar-refractivity contribution is 9.10. The number of ether oxygens (including phenoxy) is 1. The predicted octanol–water partition coefficient (Wildman–Crippen LogP) is 3.87. The second-order valence-electron chi connectivity index (χ2n) is 5.20. The molecule has 0 amide bonds. The number of hydrogen-bond acceptors (Lipinski definition) is 3. The minimum atomic E-state index is -2.77. The van der Waals surface area contributed by atoms with Crippen LogP contribution in [0.15, 0.2) is 16.7 Å². The molecule has 1 aromatic rings. The van der Waals surface area contributed by atoms with Gasteiger partial charge in [0.05, 0.1) is 5.54 Å². The molecule has 0 aliphatic carbocycles. The summed E-state index contributed by atoms with van der Waals surface area (Å²) in [7, 11) is 0. The van der Waals surface area contributed by atoms with Gasteiger partial charge in [0, 0.05) is 0 Å². The molecule has 0 aliphatic rings. The quantitative estimate of drug-likeness (QED) is 0.756. The number of rotatable bonds is 7. The zero-order valence-corrected chi connectivity index (χ0v) is 13.0. The summed E-state index contributed by atoms with van der Waals surface area (Å²) in [5.41, 5.74) is 4.22. The van der Waals surface area contributed by atoms with Crippen molar-refractivity contribution in [2.75, 3.05) is 13.3 Å². The average Bonchev–Trinajstić information content (AvgIpc) is 2.36. The van der Waals surface area contributed by atoms with Crippen molar-refractivity contribution in [2.45, 2.75) is 32.2 Å². The fraction of sp³-hybridized carbons (Fsp3) is 0.615. The first kappa shape index (κ1) is 17.2. The summed E-state index contributed by atoms with van der Waals surface area (Å²) < 4.78 is 44.3. The normalized spacial score (nSPS) is 14.7. The molecule has 0 fully saturated rings. The van der Waals surface area contributed by atoms with Gasteiger partial charge in [-0.2, -0.15) is 0 Å². The summed E-state index contributed by atoms with van der Waals surface area (Å²) >= 11 is 3.02. The summed E-state index contributed by atoms with van der Waals surface area (Å²) in [6.45, 7) is 2.86. The van der Waals surface area contributed by atoms with Gasteiger partial charge < -0.3 is 10.5 Å². The summed E-state index contributed by atoms with van der Waals surface area (Å²) in [5.74, 6) is 0.104. The number of pyridine rings is 1. The summed E-state index contributed by atoms with van der Waals surface area (Å²) in [6.07, 6.45) is -2.37. The monoisotopic (exact) mass is 354 g/mol. The molecule has 2 N–H and O–H groups in total. The van der Waals surface area contributed by atoms with Crippen LogP contribution in [0, 0.1) is 5.92 Å². The van der Waals surface area contributed by atoms with Crippen LogP contribution in [0.3, 0.4) is 0 Å². The van der Waals surface area contributed by atoms with E-state index in [-0.39, 0.29) is 22.9 Å². The van der Waals surface area contributed by atoms with Crippen molar-refractivity contribution in [2.24, 2.45) is 11.7 Å². The first-order chi connectivity index (χ1) is 9.27. The van der Waals surface area contributed by atoms with E-state index >= 15 is 0 Å². The molecule has 0 radical (unpaired) electrons. The first-order valence-electron chi connectivity index (χ1n) is 6.19. The molecule has 0 bridgehead atoms. The Kier molecular flexibility index (Phi) is 6.26. The van der Waals surface area contributed by atoms with E-state index < -0.39 is 24.3 Å².